The Balaban J connectivity index is 1.28. The van der Waals surface area contributed by atoms with Crippen molar-refractivity contribution in [3.63, 3.8) is 0 Å². The second kappa shape index (κ2) is 10.1. The van der Waals surface area contributed by atoms with Gasteiger partial charge in [0.1, 0.15) is 11.6 Å². The zero-order valence-electron chi connectivity index (χ0n) is 18.8. The van der Waals surface area contributed by atoms with Gasteiger partial charge in [0.2, 0.25) is 5.91 Å². The zero-order valence-corrected chi connectivity index (χ0v) is 19.6. The smallest absolute Gasteiger partial charge is 0.233 e. The van der Waals surface area contributed by atoms with E-state index in [2.05, 4.69) is 20.1 Å². The minimum atomic E-state index is -0.330. The van der Waals surface area contributed by atoms with Crippen molar-refractivity contribution < 1.29 is 14.3 Å². The van der Waals surface area contributed by atoms with Crippen LogP contribution < -0.4 is 4.90 Å². The number of phenols is 1. The number of carbonyl (C=O) groups excluding carboxylic acids is 1. The average Bonchev–Trinajstić information content (AvgIpc) is 3.33. The number of aromatic hydroxyl groups is 1. The van der Waals surface area contributed by atoms with E-state index >= 15 is 0 Å². The largest absolute Gasteiger partial charge is 0.508 e. The van der Waals surface area contributed by atoms with Gasteiger partial charge in [0.25, 0.3) is 0 Å². The number of nitrogens with zero attached hydrogens (tertiary/aromatic N) is 6. The molecule has 1 fully saturated rings. The summed E-state index contributed by atoms with van der Waals surface area (Å²) in [5, 5.41) is 18.7. The van der Waals surface area contributed by atoms with E-state index in [1.807, 2.05) is 33.7 Å². The van der Waals surface area contributed by atoms with E-state index in [4.69, 9.17) is 0 Å². The summed E-state index contributed by atoms with van der Waals surface area (Å²) in [6, 6.07) is 16.9. The molecule has 0 aliphatic carbocycles. The Morgan fingerprint density at radius 3 is 2.23 bits per heavy atom. The molecule has 35 heavy (non-hydrogen) atoms. The highest BCUT2D eigenvalue weighted by Gasteiger charge is 2.23. The maximum Gasteiger partial charge on any atom is 0.233 e. The minimum absolute atomic E-state index is 0.0273. The maximum absolute atomic E-state index is 13.5. The average molecular weight is 491 g/mol. The lowest BCUT2D eigenvalue weighted by molar-refractivity contribution is -0.128. The molecule has 5 rings (SSSR count). The molecule has 10 heteroatoms. The molecule has 0 spiro atoms. The predicted molar refractivity (Wildman–Crippen MR) is 132 cm³/mol. The quantitative estimate of drug-likeness (QED) is 0.413. The van der Waals surface area contributed by atoms with Crippen molar-refractivity contribution in [3.8, 4) is 22.8 Å². The molecule has 1 N–H and O–H groups in total. The third-order valence-corrected chi connectivity index (χ3v) is 6.74. The Labute approximate surface area is 206 Å². The maximum atomic E-state index is 13.5. The molecule has 2 aromatic heterocycles. The lowest BCUT2D eigenvalue weighted by Gasteiger charge is -2.36. The number of hydrogen-bond acceptors (Lipinski definition) is 7. The van der Waals surface area contributed by atoms with Crippen molar-refractivity contribution in [3.05, 3.63) is 78.9 Å². The second-order valence-electron chi connectivity index (χ2n) is 8.03. The van der Waals surface area contributed by atoms with E-state index in [0.717, 1.165) is 24.3 Å². The Hall–Kier alpha value is -3.92. The molecule has 0 radical (unpaired) electrons. The lowest BCUT2D eigenvalue weighted by Crippen LogP contribution is -2.49. The number of halogens is 1. The standard InChI is InChI=1S/C25H23FN6O2S/c26-19-1-3-21(4-2-19)32-24(18-9-11-27-12-10-18)28-29-25(32)35-17-23(34)31-15-13-30(14-16-31)20-5-7-22(33)8-6-20/h1-12,33H,13-17H2. The number of rotatable bonds is 6. The van der Waals surface area contributed by atoms with Crippen LogP contribution in [0.3, 0.4) is 0 Å². The monoisotopic (exact) mass is 490 g/mol. The molecule has 0 atom stereocenters. The number of hydrogen-bond donors (Lipinski definition) is 1. The zero-order chi connectivity index (χ0) is 24.2. The van der Waals surface area contributed by atoms with E-state index in [0.29, 0.717) is 29.8 Å². The van der Waals surface area contributed by atoms with Gasteiger partial charge in [-0.15, -0.1) is 10.2 Å². The van der Waals surface area contributed by atoms with Crippen molar-refractivity contribution in [2.45, 2.75) is 5.16 Å². The van der Waals surface area contributed by atoms with E-state index in [1.165, 1.54) is 23.9 Å². The molecule has 1 aliphatic rings. The number of amides is 1. The Kier molecular flexibility index (Phi) is 6.62. The van der Waals surface area contributed by atoms with Crippen molar-refractivity contribution in [2.75, 3.05) is 36.8 Å². The third kappa shape index (κ3) is 5.12. The molecule has 0 unspecified atom stereocenters. The molecule has 0 bridgehead atoms. The highest BCUT2D eigenvalue weighted by atomic mass is 32.2. The van der Waals surface area contributed by atoms with Crippen molar-refractivity contribution >= 4 is 23.4 Å². The molecule has 1 amide bonds. The minimum Gasteiger partial charge on any atom is -0.508 e. The van der Waals surface area contributed by atoms with Gasteiger partial charge in [-0.05, 0) is 60.7 Å². The summed E-state index contributed by atoms with van der Waals surface area (Å²) in [6.45, 7) is 2.68. The number of anilines is 1. The summed E-state index contributed by atoms with van der Waals surface area (Å²) < 4.78 is 15.4. The number of phenolic OH excluding ortho intramolecular Hbond substituents is 1. The van der Waals surface area contributed by atoms with Crippen LogP contribution in [0.25, 0.3) is 17.1 Å². The number of thioether (sulfide) groups is 1. The van der Waals surface area contributed by atoms with Gasteiger partial charge in [0, 0.05) is 55.5 Å². The highest BCUT2D eigenvalue weighted by Crippen LogP contribution is 2.28. The summed E-state index contributed by atoms with van der Waals surface area (Å²) in [6.07, 6.45) is 3.35. The summed E-state index contributed by atoms with van der Waals surface area (Å²) in [4.78, 5) is 21.1. The van der Waals surface area contributed by atoms with Crippen molar-refractivity contribution in [1.82, 2.24) is 24.6 Å². The molecule has 4 aromatic rings. The van der Waals surface area contributed by atoms with Crippen LogP contribution in [0.2, 0.25) is 0 Å². The first kappa shape index (κ1) is 22.9. The van der Waals surface area contributed by atoms with Crippen LogP contribution in [-0.2, 0) is 4.79 Å². The SMILES string of the molecule is O=C(CSc1nnc(-c2ccncc2)n1-c1ccc(F)cc1)N1CCN(c2ccc(O)cc2)CC1. The van der Waals surface area contributed by atoms with Gasteiger partial charge in [0.05, 0.1) is 5.75 Å². The molecule has 0 saturated carbocycles. The van der Waals surface area contributed by atoms with Gasteiger partial charge in [-0.3, -0.25) is 14.3 Å². The van der Waals surface area contributed by atoms with E-state index in [-0.39, 0.29) is 23.2 Å². The molecule has 1 saturated heterocycles. The van der Waals surface area contributed by atoms with Crippen LogP contribution in [0.5, 0.6) is 5.75 Å². The van der Waals surface area contributed by atoms with Crippen molar-refractivity contribution in [2.24, 2.45) is 0 Å². The third-order valence-electron chi connectivity index (χ3n) is 5.83. The molecular formula is C25H23FN6O2S. The van der Waals surface area contributed by atoms with Gasteiger partial charge in [-0.25, -0.2) is 4.39 Å². The van der Waals surface area contributed by atoms with E-state index in [9.17, 15) is 14.3 Å². The fourth-order valence-electron chi connectivity index (χ4n) is 3.97. The summed E-state index contributed by atoms with van der Waals surface area (Å²) in [5.41, 5.74) is 2.56. The van der Waals surface area contributed by atoms with Crippen LogP contribution in [0, 0.1) is 5.82 Å². The van der Waals surface area contributed by atoms with Crippen LogP contribution in [-0.4, -0.2) is 67.6 Å². The summed E-state index contributed by atoms with van der Waals surface area (Å²) >= 11 is 1.31. The number of benzene rings is 2. The van der Waals surface area contributed by atoms with Gasteiger partial charge in [-0.1, -0.05) is 11.8 Å². The van der Waals surface area contributed by atoms with Crippen LogP contribution in [0.4, 0.5) is 10.1 Å². The van der Waals surface area contributed by atoms with Crippen LogP contribution in [0.1, 0.15) is 0 Å². The van der Waals surface area contributed by atoms with Gasteiger partial charge < -0.3 is 14.9 Å². The normalized spacial score (nSPS) is 13.7. The first-order chi connectivity index (χ1) is 17.1. The Morgan fingerprint density at radius 1 is 0.886 bits per heavy atom. The number of aromatic nitrogens is 4. The Morgan fingerprint density at radius 2 is 1.54 bits per heavy atom. The fraction of sp³-hybridized carbons (Fsp3) is 0.200. The van der Waals surface area contributed by atoms with Gasteiger partial charge in [-0.2, -0.15) is 0 Å². The molecule has 8 nitrogen and oxygen atoms in total. The molecule has 2 aromatic carbocycles. The fourth-order valence-corrected chi connectivity index (χ4v) is 4.82. The topological polar surface area (TPSA) is 87.4 Å². The summed E-state index contributed by atoms with van der Waals surface area (Å²) in [7, 11) is 0. The number of pyridine rings is 1. The van der Waals surface area contributed by atoms with Crippen molar-refractivity contribution in [1.29, 1.82) is 0 Å². The van der Waals surface area contributed by atoms with E-state index in [1.54, 1.807) is 36.7 Å². The molecule has 3 heterocycles. The van der Waals surface area contributed by atoms with E-state index < -0.39 is 0 Å². The molecule has 1 aliphatic heterocycles. The second-order valence-corrected chi connectivity index (χ2v) is 8.97. The van der Waals surface area contributed by atoms with Crippen LogP contribution in [0.15, 0.2) is 78.2 Å². The number of piperazine rings is 1. The lowest BCUT2D eigenvalue weighted by atomic mass is 10.2. The molecule has 178 valence electrons. The Bertz CT molecular complexity index is 1290. The number of carbonyl (C=O) groups is 1. The van der Waals surface area contributed by atoms with Gasteiger partial charge in [0.15, 0.2) is 11.0 Å². The highest BCUT2D eigenvalue weighted by molar-refractivity contribution is 7.99. The van der Waals surface area contributed by atoms with Gasteiger partial charge >= 0.3 is 0 Å². The first-order valence-corrected chi connectivity index (χ1v) is 12.1. The first-order valence-electron chi connectivity index (χ1n) is 11.1. The molecular weight excluding hydrogens is 467 g/mol. The summed E-state index contributed by atoms with van der Waals surface area (Å²) in [5.74, 6) is 0.744. The predicted octanol–water partition coefficient (Wildman–Crippen LogP) is 3.61. The van der Waals surface area contributed by atoms with Crippen LogP contribution >= 0.6 is 11.8 Å².